The van der Waals surface area contributed by atoms with Gasteiger partial charge in [-0.25, -0.2) is 0 Å². The van der Waals surface area contributed by atoms with E-state index in [1.54, 1.807) is 13.2 Å². The zero-order chi connectivity index (χ0) is 15.9. The van der Waals surface area contributed by atoms with E-state index in [1.807, 2.05) is 19.1 Å². The number of rotatable bonds is 6. The largest absolute Gasteiger partial charge is 0.497 e. The van der Waals surface area contributed by atoms with Crippen molar-refractivity contribution in [3.05, 3.63) is 36.9 Å². The van der Waals surface area contributed by atoms with Crippen LogP contribution in [0, 0.1) is 0 Å². The first-order valence-electron chi connectivity index (χ1n) is 7.67. The summed E-state index contributed by atoms with van der Waals surface area (Å²) >= 11 is 0. The van der Waals surface area contributed by atoms with Crippen molar-refractivity contribution in [1.82, 2.24) is 10.2 Å². The molecule has 5 nitrogen and oxygen atoms in total. The van der Waals surface area contributed by atoms with Crippen LogP contribution < -0.4 is 15.0 Å². The summed E-state index contributed by atoms with van der Waals surface area (Å²) < 4.78 is 5.19. The summed E-state index contributed by atoms with van der Waals surface area (Å²) in [4.78, 5) is 16.6. The van der Waals surface area contributed by atoms with E-state index in [9.17, 15) is 4.79 Å². The number of methoxy groups -OCH3 is 1. The lowest BCUT2D eigenvalue weighted by atomic mass is 10.2. The van der Waals surface area contributed by atoms with E-state index < -0.39 is 0 Å². The van der Waals surface area contributed by atoms with Gasteiger partial charge in [-0.3, -0.25) is 9.69 Å². The second-order valence-electron chi connectivity index (χ2n) is 5.43. The minimum atomic E-state index is -0.0991. The average Bonchev–Trinajstić information content (AvgIpc) is 2.59. The number of ether oxygens (including phenoxy) is 1. The van der Waals surface area contributed by atoms with E-state index in [1.165, 1.54) is 5.69 Å². The summed E-state index contributed by atoms with van der Waals surface area (Å²) in [5.74, 6) is 0.938. The number of hydrogen-bond donors (Lipinski definition) is 1. The van der Waals surface area contributed by atoms with Crippen molar-refractivity contribution in [3.63, 3.8) is 0 Å². The predicted molar refractivity (Wildman–Crippen MR) is 89.4 cm³/mol. The zero-order valence-corrected chi connectivity index (χ0v) is 13.4. The molecule has 1 N–H and O–H groups in total. The maximum Gasteiger partial charge on any atom is 0.237 e. The summed E-state index contributed by atoms with van der Waals surface area (Å²) in [6, 6.07) is 8.02. The molecule has 2 rings (SSSR count). The normalized spacial score (nSPS) is 16.9. The van der Waals surface area contributed by atoms with Crippen LogP contribution in [0.25, 0.3) is 0 Å². The van der Waals surface area contributed by atoms with Crippen LogP contribution in [-0.4, -0.2) is 56.7 Å². The number of amides is 1. The number of carbonyl (C=O) groups is 1. The third-order valence-electron chi connectivity index (χ3n) is 4.10. The van der Waals surface area contributed by atoms with E-state index in [0.29, 0.717) is 6.54 Å². The van der Waals surface area contributed by atoms with Crippen molar-refractivity contribution in [3.8, 4) is 5.75 Å². The molecule has 1 amide bonds. The second-order valence-corrected chi connectivity index (χ2v) is 5.43. The Labute approximate surface area is 132 Å². The van der Waals surface area contributed by atoms with Crippen LogP contribution in [0.5, 0.6) is 5.75 Å². The fraction of sp³-hybridized carbons (Fsp3) is 0.471. The van der Waals surface area contributed by atoms with Gasteiger partial charge in [0.1, 0.15) is 5.75 Å². The highest BCUT2D eigenvalue weighted by atomic mass is 16.5. The van der Waals surface area contributed by atoms with Gasteiger partial charge in [-0.15, -0.1) is 6.58 Å². The van der Waals surface area contributed by atoms with E-state index in [0.717, 1.165) is 31.9 Å². The van der Waals surface area contributed by atoms with E-state index in [2.05, 4.69) is 33.8 Å². The lowest BCUT2D eigenvalue weighted by molar-refractivity contribution is -0.125. The van der Waals surface area contributed by atoms with Gasteiger partial charge < -0.3 is 15.0 Å². The Morgan fingerprint density at radius 2 is 1.95 bits per heavy atom. The molecule has 0 spiro atoms. The first-order valence-corrected chi connectivity index (χ1v) is 7.67. The number of piperazine rings is 1. The smallest absolute Gasteiger partial charge is 0.237 e. The lowest BCUT2D eigenvalue weighted by Gasteiger charge is -2.38. The molecule has 5 heteroatoms. The topological polar surface area (TPSA) is 44.8 Å². The number of nitrogens with one attached hydrogen (secondary N) is 1. The highest BCUT2D eigenvalue weighted by Crippen LogP contribution is 2.20. The minimum absolute atomic E-state index is 0.0674. The third kappa shape index (κ3) is 4.01. The summed E-state index contributed by atoms with van der Waals surface area (Å²) in [5.41, 5.74) is 1.20. The quantitative estimate of drug-likeness (QED) is 0.809. The number of hydrogen-bond acceptors (Lipinski definition) is 4. The van der Waals surface area contributed by atoms with Crippen LogP contribution in [0.1, 0.15) is 6.92 Å². The molecule has 1 fully saturated rings. The molecular formula is C17H25N3O2. The highest BCUT2D eigenvalue weighted by molar-refractivity contribution is 5.81. The molecule has 22 heavy (non-hydrogen) atoms. The first-order chi connectivity index (χ1) is 10.7. The summed E-state index contributed by atoms with van der Waals surface area (Å²) in [5, 5.41) is 2.86. The number of benzene rings is 1. The molecule has 1 aliphatic rings. The maximum atomic E-state index is 12.0. The Balaban J connectivity index is 1.86. The molecule has 0 saturated carbocycles. The van der Waals surface area contributed by atoms with Gasteiger partial charge in [0.15, 0.2) is 0 Å². The van der Waals surface area contributed by atoms with Crippen LogP contribution >= 0.6 is 0 Å². The molecule has 1 aromatic rings. The van der Waals surface area contributed by atoms with Gasteiger partial charge in [0, 0.05) is 38.4 Å². The molecule has 120 valence electrons. The van der Waals surface area contributed by atoms with Gasteiger partial charge in [0.05, 0.1) is 13.2 Å². The molecule has 0 aromatic heterocycles. The minimum Gasteiger partial charge on any atom is -0.497 e. The maximum absolute atomic E-state index is 12.0. The number of carbonyl (C=O) groups excluding carboxylic acids is 1. The van der Waals surface area contributed by atoms with Crippen molar-refractivity contribution < 1.29 is 9.53 Å². The highest BCUT2D eigenvalue weighted by Gasteiger charge is 2.25. The predicted octanol–water partition coefficient (Wildman–Crippen LogP) is 1.51. The van der Waals surface area contributed by atoms with Crippen LogP contribution in [-0.2, 0) is 4.79 Å². The molecule has 0 radical (unpaired) electrons. The van der Waals surface area contributed by atoms with Gasteiger partial charge in [0.2, 0.25) is 5.91 Å². The Bertz CT molecular complexity index is 493. The van der Waals surface area contributed by atoms with Gasteiger partial charge in [0.25, 0.3) is 0 Å². The van der Waals surface area contributed by atoms with E-state index in [4.69, 9.17) is 4.74 Å². The molecule has 1 aromatic carbocycles. The molecule has 0 bridgehead atoms. The second kappa shape index (κ2) is 7.84. The van der Waals surface area contributed by atoms with Crippen molar-refractivity contribution >= 4 is 11.6 Å². The molecule has 1 saturated heterocycles. The average molecular weight is 303 g/mol. The lowest BCUT2D eigenvalue weighted by Crippen LogP contribution is -2.54. The fourth-order valence-electron chi connectivity index (χ4n) is 2.65. The van der Waals surface area contributed by atoms with Crippen LogP contribution in [0.2, 0.25) is 0 Å². The van der Waals surface area contributed by atoms with Crippen molar-refractivity contribution in [2.75, 3.05) is 44.7 Å². The molecule has 1 aliphatic heterocycles. The summed E-state index contributed by atoms with van der Waals surface area (Å²) in [6.07, 6.45) is 1.70. The van der Waals surface area contributed by atoms with Crippen LogP contribution in [0.4, 0.5) is 5.69 Å². The Morgan fingerprint density at radius 1 is 1.32 bits per heavy atom. The van der Waals surface area contributed by atoms with Gasteiger partial charge >= 0.3 is 0 Å². The summed E-state index contributed by atoms with van der Waals surface area (Å²) in [7, 11) is 1.67. The monoisotopic (exact) mass is 303 g/mol. The van der Waals surface area contributed by atoms with E-state index >= 15 is 0 Å². The molecule has 0 aliphatic carbocycles. The van der Waals surface area contributed by atoms with Gasteiger partial charge in [-0.05, 0) is 31.2 Å². The zero-order valence-electron chi connectivity index (χ0n) is 13.4. The van der Waals surface area contributed by atoms with E-state index in [-0.39, 0.29) is 11.9 Å². The van der Waals surface area contributed by atoms with Gasteiger partial charge in [-0.2, -0.15) is 0 Å². The van der Waals surface area contributed by atoms with Crippen molar-refractivity contribution in [2.45, 2.75) is 13.0 Å². The van der Waals surface area contributed by atoms with Crippen LogP contribution in [0.15, 0.2) is 36.9 Å². The Kier molecular flexibility index (Phi) is 5.83. The first kappa shape index (κ1) is 16.4. The SMILES string of the molecule is C=CCNC(=O)[C@H](C)N1CCN(c2ccc(OC)cc2)CC1. The van der Waals surface area contributed by atoms with Crippen LogP contribution in [0.3, 0.4) is 0 Å². The molecule has 1 heterocycles. The third-order valence-corrected chi connectivity index (χ3v) is 4.10. The van der Waals surface area contributed by atoms with Crippen molar-refractivity contribution in [1.29, 1.82) is 0 Å². The molecular weight excluding hydrogens is 278 g/mol. The molecule has 1 atom stereocenters. The van der Waals surface area contributed by atoms with Crippen molar-refractivity contribution in [2.24, 2.45) is 0 Å². The van der Waals surface area contributed by atoms with Gasteiger partial charge in [-0.1, -0.05) is 6.08 Å². The summed E-state index contributed by atoms with van der Waals surface area (Å²) in [6.45, 7) is 9.71. The number of anilines is 1. The standard InChI is InChI=1S/C17H25N3O2/c1-4-9-18-17(21)14(2)19-10-12-20(13-11-19)15-5-7-16(22-3)8-6-15/h4-8,14H,1,9-13H2,2-3H3,(H,18,21)/t14-/m0/s1. The Hall–Kier alpha value is -2.01. The number of nitrogens with zero attached hydrogens (tertiary/aromatic N) is 2. The molecule has 0 unspecified atom stereocenters. The Morgan fingerprint density at radius 3 is 2.50 bits per heavy atom. The fourth-order valence-corrected chi connectivity index (χ4v) is 2.65.